The molecular formula is C18H20F3N3O2. The van der Waals surface area contributed by atoms with Crippen LogP contribution in [-0.2, 0) is 9.53 Å². The minimum atomic E-state index is -4.57. The van der Waals surface area contributed by atoms with Gasteiger partial charge in [-0.15, -0.1) is 0 Å². The van der Waals surface area contributed by atoms with E-state index in [0.29, 0.717) is 0 Å². The third kappa shape index (κ3) is 5.96. The van der Waals surface area contributed by atoms with Gasteiger partial charge < -0.3 is 9.64 Å². The Hall–Kier alpha value is -2.74. The van der Waals surface area contributed by atoms with E-state index in [2.05, 4.69) is 0 Å². The van der Waals surface area contributed by atoms with Crippen LogP contribution in [0.25, 0.3) is 0 Å². The number of benzene rings is 1. The van der Waals surface area contributed by atoms with Gasteiger partial charge >= 0.3 is 12.1 Å². The van der Waals surface area contributed by atoms with Crippen LogP contribution in [0.15, 0.2) is 18.2 Å². The van der Waals surface area contributed by atoms with E-state index in [4.69, 9.17) is 15.3 Å². The van der Waals surface area contributed by atoms with Crippen molar-refractivity contribution < 1.29 is 22.7 Å². The van der Waals surface area contributed by atoms with Crippen molar-refractivity contribution in [3.8, 4) is 12.1 Å². The van der Waals surface area contributed by atoms with Crippen molar-refractivity contribution >= 4 is 11.7 Å². The first-order valence-corrected chi connectivity index (χ1v) is 7.92. The number of ether oxygens (including phenoxy) is 1. The van der Waals surface area contributed by atoms with Crippen LogP contribution in [0.2, 0.25) is 0 Å². The van der Waals surface area contributed by atoms with Crippen molar-refractivity contribution in [1.29, 1.82) is 10.5 Å². The van der Waals surface area contributed by atoms with Gasteiger partial charge in [0.2, 0.25) is 0 Å². The van der Waals surface area contributed by atoms with E-state index in [1.54, 1.807) is 39.8 Å². The third-order valence-electron chi connectivity index (χ3n) is 3.37. The maximum absolute atomic E-state index is 13.1. The number of nitriles is 2. The second-order valence-electron chi connectivity index (χ2n) is 6.65. The molecule has 0 fully saturated rings. The molecule has 5 nitrogen and oxygen atoms in total. The van der Waals surface area contributed by atoms with Gasteiger partial charge in [-0.2, -0.15) is 23.7 Å². The molecule has 0 saturated heterocycles. The van der Waals surface area contributed by atoms with E-state index < -0.39 is 30.3 Å². The van der Waals surface area contributed by atoms with Crippen molar-refractivity contribution in [2.75, 3.05) is 11.4 Å². The Morgan fingerprint density at radius 2 is 1.77 bits per heavy atom. The molecule has 0 N–H and O–H groups in total. The lowest BCUT2D eigenvalue weighted by Crippen LogP contribution is -2.48. The van der Waals surface area contributed by atoms with Gasteiger partial charge in [-0.25, -0.2) is 4.79 Å². The van der Waals surface area contributed by atoms with E-state index in [9.17, 15) is 18.0 Å². The van der Waals surface area contributed by atoms with Crippen LogP contribution in [0.3, 0.4) is 0 Å². The van der Waals surface area contributed by atoms with E-state index >= 15 is 0 Å². The van der Waals surface area contributed by atoms with Crippen molar-refractivity contribution in [3.63, 3.8) is 0 Å². The lowest BCUT2D eigenvalue weighted by Gasteiger charge is -2.34. The van der Waals surface area contributed by atoms with Gasteiger partial charge in [-0.3, -0.25) is 0 Å². The number of hydrogen-bond donors (Lipinski definition) is 0. The average molecular weight is 367 g/mol. The number of alkyl halides is 3. The summed E-state index contributed by atoms with van der Waals surface area (Å²) in [6.45, 7) is 5.07. The molecule has 0 bridgehead atoms. The molecule has 1 atom stereocenters. The quantitative estimate of drug-likeness (QED) is 0.737. The van der Waals surface area contributed by atoms with Crippen LogP contribution in [0.4, 0.5) is 18.9 Å². The molecule has 0 radical (unpaired) electrons. The van der Waals surface area contributed by atoms with Gasteiger partial charge in [-0.05, 0) is 45.4 Å². The molecule has 1 aromatic carbocycles. The first-order valence-electron chi connectivity index (χ1n) is 7.92. The lowest BCUT2D eigenvalue weighted by atomic mass is 10.1. The zero-order valence-electron chi connectivity index (χ0n) is 15.0. The highest BCUT2D eigenvalue weighted by Crippen LogP contribution is 2.28. The van der Waals surface area contributed by atoms with E-state index in [1.165, 1.54) is 18.2 Å². The fourth-order valence-corrected chi connectivity index (χ4v) is 2.36. The number of anilines is 1. The Labute approximate surface area is 150 Å². The molecule has 0 aliphatic rings. The number of nitrogens with zero attached hydrogens (tertiary/aromatic N) is 3. The van der Waals surface area contributed by atoms with E-state index in [1.807, 2.05) is 0 Å². The van der Waals surface area contributed by atoms with Crippen LogP contribution in [0, 0.1) is 22.7 Å². The van der Waals surface area contributed by atoms with Crippen molar-refractivity contribution in [1.82, 2.24) is 0 Å². The summed E-state index contributed by atoms with van der Waals surface area (Å²) in [7, 11) is 0. The summed E-state index contributed by atoms with van der Waals surface area (Å²) in [6.07, 6.45) is -4.50. The van der Waals surface area contributed by atoms with Crippen LogP contribution in [0.1, 0.15) is 45.2 Å². The highest BCUT2D eigenvalue weighted by molar-refractivity contribution is 5.80. The fraction of sp³-hybridized carbons (Fsp3) is 0.500. The average Bonchev–Trinajstić information content (AvgIpc) is 2.51. The highest BCUT2D eigenvalue weighted by Gasteiger charge is 2.38. The second-order valence-corrected chi connectivity index (χ2v) is 6.65. The van der Waals surface area contributed by atoms with Gasteiger partial charge in [0.15, 0.2) is 0 Å². The fourth-order valence-electron chi connectivity index (χ4n) is 2.36. The Morgan fingerprint density at radius 1 is 1.19 bits per heavy atom. The number of esters is 1. The zero-order chi connectivity index (χ0) is 20.1. The van der Waals surface area contributed by atoms with E-state index in [-0.39, 0.29) is 23.2 Å². The molecule has 1 unspecified atom stereocenters. The standard InChI is InChI=1S/C18H20F3N3O2/c1-5-15(16(25)26-17(2,3)4)24(11-18(19,20)21)14-7-6-12(9-22)13(8-14)10-23/h6-8,15H,5,11H2,1-4H3. The maximum atomic E-state index is 13.1. The number of rotatable bonds is 5. The predicted molar refractivity (Wildman–Crippen MR) is 89.2 cm³/mol. The summed E-state index contributed by atoms with van der Waals surface area (Å²) in [5, 5.41) is 18.1. The second kappa shape index (κ2) is 8.09. The largest absolute Gasteiger partial charge is 0.458 e. The molecule has 0 heterocycles. The van der Waals surface area contributed by atoms with Gasteiger partial charge in [0.1, 0.15) is 30.3 Å². The van der Waals surface area contributed by atoms with Crippen LogP contribution in [0.5, 0.6) is 0 Å². The summed E-state index contributed by atoms with van der Waals surface area (Å²) < 4.78 is 44.6. The van der Waals surface area contributed by atoms with Crippen LogP contribution in [-0.4, -0.2) is 30.3 Å². The van der Waals surface area contributed by atoms with Gasteiger partial charge in [-0.1, -0.05) is 6.92 Å². The molecule has 0 aliphatic heterocycles. The topological polar surface area (TPSA) is 77.1 Å². The molecular weight excluding hydrogens is 347 g/mol. The highest BCUT2D eigenvalue weighted by atomic mass is 19.4. The Kier molecular flexibility index (Phi) is 6.63. The molecule has 1 rings (SSSR count). The summed E-state index contributed by atoms with van der Waals surface area (Å²) >= 11 is 0. The lowest BCUT2D eigenvalue weighted by molar-refractivity contribution is -0.157. The van der Waals surface area contributed by atoms with Crippen molar-refractivity contribution in [2.45, 2.75) is 51.9 Å². The summed E-state index contributed by atoms with van der Waals surface area (Å²) in [5.74, 6) is -0.785. The van der Waals surface area contributed by atoms with Crippen molar-refractivity contribution in [2.24, 2.45) is 0 Å². The SMILES string of the molecule is CCC(C(=O)OC(C)(C)C)N(CC(F)(F)F)c1ccc(C#N)c(C#N)c1. The molecule has 0 saturated carbocycles. The third-order valence-corrected chi connectivity index (χ3v) is 3.37. The molecule has 0 aromatic heterocycles. The molecule has 26 heavy (non-hydrogen) atoms. The Bertz CT molecular complexity index is 740. The zero-order valence-corrected chi connectivity index (χ0v) is 15.0. The molecule has 0 spiro atoms. The van der Waals surface area contributed by atoms with Crippen LogP contribution < -0.4 is 4.90 Å². The first-order chi connectivity index (χ1) is 11.9. The Balaban J connectivity index is 3.38. The number of carbonyl (C=O) groups excluding carboxylic acids is 1. The Morgan fingerprint density at radius 3 is 2.19 bits per heavy atom. The minimum absolute atomic E-state index is 0.0237. The summed E-state index contributed by atoms with van der Waals surface area (Å²) in [5.41, 5.74) is -0.836. The van der Waals surface area contributed by atoms with Gasteiger partial charge in [0, 0.05) is 5.69 Å². The number of hydrogen-bond acceptors (Lipinski definition) is 5. The molecule has 1 aromatic rings. The van der Waals surface area contributed by atoms with Gasteiger partial charge in [0.05, 0.1) is 11.1 Å². The smallest absolute Gasteiger partial charge is 0.405 e. The number of carbonyl (C=O) groups is 1. The maximum Gasteiger partial charge on any atom is 0.405 e. The summed E-state index contributed by atoms with van der Waals surface area (Å²) in [4.78, 5) is 13.3. The predicted octanol–water partition coefficient (Wildman–Crippen LogP) is 3.92. The molecule has 8 heteroatoms. The summed E-state index contributed by atoms with van der Waals surface area (Å²) in [6, 6.07) is 6.13. The van der Waals surface area contributed by atoms with Gasteiger partial charge in [0.25, 0.3) is 0 Å². The van der Waals surface area contributed by atoms with Crippen LogP contribution >= 0.6 is 0 Å². The van der Waals surface area contributed by atoms with Crippen molar-refractivity contribution in [3.05, 3.63) is 29.3 Å². The molecule has 140 valence electrons. The van der Waals surface area contributed by atoms with E-state index in [0.717, 1.165) is 4.90 Å². The monoisotopic (exact) mass is 367 g/mol. The minimum Gasteiger partial charge on any atom is -0.458 e. The first kappa shape index (κ1) is 21.3. The number of halogens is 3. The normalized spacial score (nSPS) is 12.7. The molecule has 0 amide bonds. The molecule has 0 aliphatic carbocycles.